The summed E-state index contributed by atoms with van der Waals surface area (Å²) in [4.78, 5) is 1.77. The molecule has 6 heteroatoms. The van der Waals surface area contributed by atoms with Gasteiger partial charge in [0.05, 0.1) is 6.04 Å². The van der Waals surface area contributed by atoms with Crippen LogP contribution in [0.1, 0.15) is 11.6 Å². The molecular weight excluding hydrogens is 281 g/mol. The minimum absolute atomic E-state index is 0.387. The van der Waals surface area contributed by atoms with E-state index in [-0.39, 0.29) is 0 Å². The lowest BCUT2D eigenvalue weighted by Crippen LogP contribution is -2.46. The first-order chi connectivity index (χ1) is 8.58. The summed E-state index contributed by atoms with van der Waals surface area (Å²) >= 11 is 11.8. The molecule has 18 heavy (non-hydrogen) atoms. The van der Waals surface area contributed by atoms with Crippen molar-refractivity contribution in [2.75, 3.05) is 26.2 Å². The number of hydrogen-bond donors (Lipinski definition) is 1. The van der Waals surface area contributed by atoms with Gasteiger partial charge in [-0.1, -0.05) is 23.2 Å². The van der Waals surface area contributed by atoms with E-state index in [1.807, 2.05) is 0 Å². The maximum absolute atomic E-state index is 13.3. The van der Waals surface area contributed by atoms with E-state index in [1.54, 1.807) is 23.1 Å². The monoisotopic (exact) mass is 294 g/mol. The zero-order valence-electron chi connectivity index (χ0n) is 9.67. The topological polar surface area (TPSA) is 15.3 Å². The van der Waals surface area contributed by atoms with E-state index in [2.05, 4.69) is 5.32 Å². The van der Waals surface area contributed by atoms with Crippen LogP contribution in [-0.2, 0) is 0 Å². The molecule has 1 N–H and O–H groups in total. The average molecular weight is 295 g/mol. The van der Waals surface area contributed by atoms with Gasteiger partial charge in [-0.25, -0.2) is 8.78 Å². The van der Waals surface area contributed by atoms with Crippen molar-refractivity contribution in [3.8, 4) is 0 Å². The van der Waals surface area contributed by atoms with Crippen molar-refractivity contribution in [1.82, 2.24) is 10.2 Å². The van der Waals surface area contributed by atoms with Gasteiger partial charge in [-0.05, 0) is 23.8 Å². The lowest BCUT2D eigenvalue weighted by Gasteiger charge is -2.34. The van der Waals surface area contributed by atoms with E-state index < -0.39 is 12.5 Å². The van der Waals surface area contributed by atoms with Crippen LogP contribution in [0.3, 0.4) is 0 Å². The van der Waals surface area contributed by atoms with Gasteiger partial charge in [0.1, 0.15) is 0 Å². The van der Waals surface area contributed by atoms with Gasteiger partial charge in [0.25, 0.3) is 6.43 Å². The maximum atomic E-state index is 13.3. The van der Waals surface area contributed by atoms with Gasteiger partial charge in [0.15, 0.2) is 0 Å². The molecule has 0 saturated carbocycles. The summed E-state index contributed by atoms with van der Waals surface area (Å²) < 4.78 is 26.6. The Hall–Kier alpha value is -0.420. The Balaban J connectivity index is 2.28. The molecule has 1 heterocycles. The van der Waals surface area contributed by atoms with Crippen LogP contribution in [0.2, 0.25) is 10.0 Å². The summed E-state index contributed by atoms with van der Waals surface area (Å²) in [5, 5.41) is 3.92. The molecule has 1 atom stereocenters. The summed E-state index contributed by atoms with van der Waals surface area (Å²) in [6.45, 7) is 2.63. The van der Waals surface area contributed by atoms with E-state index in [0.717, 1.165) is 13.1 Å². The van der Waals surface area contributed by atoms with Gasteiger partial charge in [0.2, 0.25) is 0 Å². The van der Waals surface area contributed by atoms with Crippen LogP contribution in [-0.4, -0.2) is 37.5 Å². The predicted octanol–water partition coefficient (Wildman–Crippen LogP) is 3.20. The smallest absolute Gasteiger partial charge is 0.258 e. The molecular formula is C12H14Cl2F2N2. The third kappa shape index (κ3) is 3.32. The van der Waals surface area contributed by atoms with Gasteiger partial charge < -0.3 is 5.32 Å². The van der Waals surface area contributed by atoms with E-state index in [4.69, 9.17) is 23.2 Å². The molecule has 2 nitrogen and oxygen atoms in total. The predicted molar refractivity (Wildman–Crippen MR) is 69.6 cm³/mol. The second-order valence-electron chi connectivity index (χ2n) is 4.27. The highest BCUT2D eigenvalue weighted by Crippen LogP contribution is 2.31. The zero-order valence-corrected chi connectivity index (χ0v) is 11.2. The van der Waals surface area contributed by atoms with Crippen molar-refractivity contribution >= 4 is 23.2 Å². The molecule has 1 aliphatic rings. The number of benzene rings is 1. The molecule has 0 spiro atoms. The highest BCUT2D eigenvalue weighted by atomic mass is 35.5. The molecule has 0 aliphatic carbocycles. The van der Waals surface area contributed by atoms with E-state index >= 15 is 0 Å². The van der Waals surface area contributed by atoms with Crippen molar-refractivity contribution in [3.63, 3.8) is 0 Å². The number of nitrogens with one attached hydrogen (secondary N) is 1. The molecule has 1 fully saturated rings. The van der Waals surface area contributed by atoms with Crippen LogP contribution >= 0.6 is 23.2 Å². The molecule has 0 unspecified atom stereocenters. The molecule has 1 aromatic rings. The molecule has 0 amide bonds. The molecule has 2 rings (SSSR count). The van der Waals surface area contributed by atoms with Crippen LogP contribution in [0, 0.1) is 0 Å². The van der Waals surface area contributed by atoms with Gasteiger partial charge in [-0.2, -0.15) is 0 Å². The number of halogens is 4. The van der Waals surface area contributed by atoms with Crippen LogP contribution in [0.5, 0.6) is 0 Å². The number of hydrogen-bond acceptors (Lipinski definition) is 2. The van der Waals surface area contributed by atoms with E-state index in [9.17, 15) is 8.78 Å². The molecule has 1 aliphatic heterocycles. The van der Waals surface area contributed by atoms with Gasteiger partial charge >= 0.3 is 0 Å². The van der Waals surface area contributed by atoms with Crippen LogP contribution in [0.15, 0.2) is 18.2 Å². The van der Waals surface area contributed by atoms with Crippen LogP contribution in [0.25, 0.3) is 0 Å². The third-order valence-corrected chi connectivity index (χ3v) is 3.45. The van der Waals surface area contributed by atoms with Crippen molar-refractivity contribution in [3.05, 3.63) is 33.8 Å². The van der Waals surface area contributed by atoms with E-state index in [0.29, 0.717) is 28.7 Å². The van der Waals surface area contributed by atoms with Gasteiger partial charge in [-0.3, -0.25) is 4.90 Å². The fraction of sp³-hybridized carbons (Fsp3) is 0.500. The number of rotatable bonds is 3. The molecule has 0 aromatic heterocycles. The Morgan fingerprint density at radius 1 is 1.06 bits per heavy atom. The fourth-order valence-electron chi connectivity index (χ4n) is 2.22. The second kappa shape index (κ2) is 6.15. The zero-order chi connectivity index (χ0) is 13.1. The summed E-state index contributed by atoms with van der Waals surface area (Å²) in [6.07, 6.45) is -2.46. The third-order valence-electron chi connectivity index (χ3n) is 3.01. The maximum Gasteiger partial charge on any atom is 0.258 e. The summed E-state index contributed by atoms with van der Waals surface area (Å²) in [6, 6.07) is 3.73. The first-order valence-electron chi connectivity index (χ1n) is 5.77. The van der Waals surface area contributed by atoms with Crippen molar-refractivity contribution in [2.45, 2.75) is 12.5 Å². The minimum atomic E-state index is -2.46. The van der Waals surface area contributed by atoms with Gasteiger partial charge in [0, 0.05) is 36.2 Å². The minimum Gasteiger partial charge on any atom is -0.314 e. The Kier molecular flexibility index (Phi) is 4.78. The summed E-state index contributed by atoms with van der Waals surface area (Å²) in [5.74, 6) is 0. The quantitative estimate of drug-likeness (QED) is 0.921. The van der Waals surface area contributed by atoms with Crippen molar-refractivity contribution < 1.29 is 8.78 Å². The number of piperazine rings is 1. The molecule has 0 radical (unpaired) electrons. The highest BCUT2D eigenvalue weighted by Gasteiger charge is 2.30. The summed E-state index contributed by atoms with van der Waals surface area (Å²) in [7, 11) is 0. The second-order valence-corrected chi connectivity index (χ2v) is 5.14. The lowest BCUT2D eigenvalue weighted by molar-refractivity contribution is 0.0182. The first kappa shape index (κ1) is 14.0. The SMILES string of the molecule is FC(F)[C@H](c1cc(Cl)cc(Cl)c1)N1CCNCC1. The fourth-order valence-corrected chi connectivity index (χ4v) is 2.76. The normalized spacial score (nSPS) is 19.2. The Bertz CT molecular complexity index is 389. The van der Waals surface area contributed by atoms with Crippen molar-refractivity contribution in [1.29, 1.82) is 0 Å². The van der Waals surface area contributed by atoms with Crippen LogP contribution < -0.4 is 5.32 Å². The molecule has 100 valence electrons. The molecule has 1 saturated heterocycles. The molecule has 0 bridgehead atoms. The number of alkyl halides is 2. The standard InChI is InChI=1S/C12H14Cl2F2N2/c13-9-5-8(6-10(14)7-9)11(12(15)16)18-3-1-17-2-4-18/h5-7,11-12,17H,1-4H2/t11-/m0/s1. The lowest BCUT2D eigenvalue weighted by atomic mass is 10.0. The van der Waals surface area contributed by atoms with Crippen molar-refractivity contribution in [2.24, 2.45) is 0 Å². The molecule has 1 aromatic carbocycles. The Labute approximate surface area is 115 Å². The van der Waals surface area contributed by atoms with E-state index in [1.165, 1.54) is 0 Å². The number of nitrogens with zero attached hydrogens (tertiary/aromatic N) is 1. The Morgan fingerprint density at radius 2 is 1.61 bits per heavy atom. The average Bonchev–Trinajstić information content (AvgIpc) is 2.28. The first-order valence-corrected chi connectivity index (χ1v) is 6.52. The van der Waals surface area contributed by atoms with Crippen LogP contribution in [0.4, 0.5) is 8.78 Å². The Morgan fingerprint density at radius 3 is 2.11 bits per heavy atom. The highest BCUT2D eigenvalue weighted by molar-refractivity contribution is 6.34. The van der Waals surface area contributed by atoms with Gasteiger partial charge in [-0.15, -0.1) is 0 Å². The largest absolute Gasteiger partial charge is 0.314 e. The summed E-state index contributed by atoms with van der Waals surface area (Å²) in [5.41, 5.74) is 0.476.